The first-order valence-corrected chi connectivity index (χ1v) is 4.63. The summed E-state index contributed by atoms with van der Waals surface area (Å²) in [6.45, 7) is 0. The van der Waals surface area contributed by atoms with E-state index in [0.717, 1.165) is 12.8 Å². The minimum absolute atomic E-state index is 0.290. The maximum absolute atomic E-state index is 12.5. The van der Waals surface area contributed by atoms with Crippen LogP contribution in [0.2, 0.25) is 0 Å². The fourth-order valence-electron chi connectivity index (χ4n) is 1.61. The molecule has 2 nitrogen and oxygen atoms in total. The molecule has 0 radical (unpaired) electrons. The summed E-state index contributed by atoms with van der Waals surface area (Å²) in [4.78, 5) is 3.84. The molecule has 13 heavy (non-hydrogen) atoms. The molecule has 0 amide bonds. The molecule has 0 aromatic carbocycles. The molecule has 1 aliphatic rings. The lowest BCUT2D eigenvalue weighted by molar-refractivity contribution is 0.201. The number of pyridine rings is 1. The normalized spacial score (nSPS) is 17.6. The Balaban J connectivity index is 1.97. The Labute approximate surface area is 76.7 Å². The van der Waals surface area contributed by atoms with Crippen molar-refractivity contribution in [2.24, 2.45) is 0 Å². The zero-order valence-corrected chi connectivity index (χ0v) is 7.37. The van der Waals surface area contributed by atoms with E-state index in [0.29, 0.717) is 5.88 Å². The largest absolute Gasteiger partial charge is 0.474 e. The van der Waals surface area contributed by atoms with Crippen LogP contribution in [0.5, 0.6) is 5.88 Å². The minimum Gasteiger partial charge on any atom is -0.474 e. The van der Waals surface area contributed by atoms with Crippen molar-refractivity contribution in [3.8, 4) is 5.88 Å². The summed E-state index contributed by atoms with van der Waals surface area (Å²) in [6, 6.07) is 2.95. The van der Waals surface area contributed by atoms with Crippen molar-refractivity contribution in [1.29, 1.82) is 0 Å². The van der Waals surface area contributed by atoms with Gasteiger partial charge in [-0.25, -0.2) is 9.37 Å². The van der Waals surface area contributed by atoms with Crippen LogP contribution in [0.15, 0.2) is 18.3 Å². The lowest BCUT2D eigenvalue weighted by Crippen LogP contribution is -2.11. The second kappa shape index (κ2) is 3.73. The Morgan fingerprint density at radius 3 is 2.69 bits per heavy atom. The van der Waals surface area contributed by atoms with Crippen LogP contribution in [0.3, 0.4) is 0 Å². The van der Waals surface area contributed by atoms with Crippen molar-refractivity contribution in [1.82, 2.24) is 4.98 Å². The van der Waals surface area contributed by atoms with Crippen LogP contribution in [0.25, 0.3) is 0 Å². The van der Waals surface area contributed by atoms with Gasteiger partial charge in [0.25, 0.3) is 0 Å². The van der Waals surface area contributed by atoms with Gasteiger partial charge in [-0.3, -0.25) is 0 Å². The van der Waals surface area contributed by atoms with Crippen LogP contribution in [0, 0.1) is 5.82 Å². The summed E-state index contributed by atoms with van der Waals surface area (Å²) < 4.78 is 18.0. The Hall–Kier alpha value is -1.12. The van der Waals surface area contributed by atoms with E-state index >= 15 is 0 Å². The molecule has 1 heterocycles. The van der Waals surface area contributed by atoms with Gasteiger partial charge in [0.2, 0.25) is 5.88 Å². The second-order valence-electron chi connectivity index (χ2n) is 3.34. The SMILES string of the molecule is Fc1ccc(OC2CCCC2)nc1. The highest BCUT2D eigenvalue weighted by molar-refractivity contribution is 5.11. The van der Waals surface area contributed by atoms with Gasteiger partial charge in [0.1, 0.15) is 11.9 Å². The van der Waals surface area contributed by atoms with Gasteiger partial charge in [-0.1, -0.05) is 0 Å². The standard InChI is InChI=1S/C10H12FNO/c11-8-5-6-10(12-7-8)13-9-3-1-2-4-9/h5-7,9H,1-4H2. The van der Waals surface area contributed by atoms with Crippen LogP contribution >= 0.6 is 0 Å². The minimum atomic E-state index is -0.321. The van der Waals surface area contributed by atoms with Crippen LogP contribution in [0.4, 0.5) is 4.39 Å². The maximum atomic E-state index is 12.5. The van der Waals surface area contributed by atoms with Crippen LogP contribution < -0.4 is 4.74 Å². The summed E-state index contributed by atoms with van der Waals surface area (Å²) in [6.07, 6.45) is 6.12. The quantitative estimate of drug-likeness (QED) is 0.699. The highest BCUT2D eigenvalue weighted by atomic mass is 19.1. The predicted octanol–water partition coefficient (Wildman–Crippen LogP) is 2.54. The van der Waals surface area contributed by atoms with E-state index in [1.54, 1.807) is 6.07 Å². The van der Waals surface area contributed by atoms with Gasteiger partial charge in [-0.2, -0.15) is 0 Å². The summed E-state index contributed by atoms with van der Waals surface area (Å²) in [5, 5.41) is 0. The molecule has 1 aromatic heterocycles. The zero-order valence-electron chi connectivity index (χ0n) is 7.37. The molecule has 0 bridgehead atoms. The zero-order chi connectivity index (χ0) is 9.10. The first-order chi connectivity index (χ1) is 6.34. The van der Waals surface area contributed by atoms with Crippen LogP contribution in [-0.4, -0.2) is 11.1 Å². The molecule has 1 aromatic rings. The molecule has 1 fully saturated rings. The summed E-state index contributed by atoms with van der Waals surface area (Å²) in [7, 11) is 0. The molecule has 0 N–H and O–H groups in total. The lowest BCUT2D eigenvalue weighted by Gasteiger charge is -2.10. The third-order valence-corrected chi connectivity index (χ3v) is 2.29. The molecule has 1 saturated carbocycles. The monoisotopic (exact) mass is 181 g/mol. The molecule has 1 aliphatic carbocycles. The molecular weight excluding hydrogens is 169 g/mol. The fraction of sp³-hybridized carbons (Fsp3) is 0.500. The Morgan fingerprint density at radius 2 is 2.08 bits per heavy atom. The number of hydrogen-bond acceptors (Lipinski definition) is 2. The molecule has 0 unspecified atom stereocenters. The molecule has 0 saturated heterocycles. The Kier molecular flexibility index (Phi) is 2.43. The number of rotatable bonds is 2. The van der Waals surface area contributed by atoms with E-state index < -0.39 is 0 Å². The Morgan fingerprint density at radius 1 is 1.31 bits per heavy atom. The van der Waals surface area contributed by atoms with Crippen LogP contribution in [0.1, 0.15) is 25.7 Å². The van der Waals surface area contributed by atoms with E-state index in [4.69, 9.17) is 4.74 Å². The van der Waals surface area contributed by atoms with E-state index in [9.17, 15) is 4.39 Å². The van der Waals surface area contributed by atoms with Crippen molar-refractivity contribution in [3.05, 3.63) is 24.1 Å². The van der Waals surface area contributed by atoms with Crippen molar-refractivity contribution >= 4 is 0 Å². The van der Waals surface area contributed by atoms with Gasteiger partial charge in [0, 0.05) is 6.07 Å². The molecule has 0 spiro atoms. The average molecular weight is 181 g/mol. The predicted molar refractivity (Wildman–Crippen MR) is 47.1 cm³/mol. The van der Waals surface area contributed by atoms with Gasteiger partial charge in [-0.15, -0.1) is 0 Å². The number of aromatic nitrogens is 1. The van der Waals surface area contributed by atoms with Crippen molar-refractivity contribution in [2.45, 2.75) is 31.8 Å². The summed E-state index contributed by atoms with van der Waals surface area (Å²) in [5.41, 5.74) is 0. The third-order valence-electron chi connectivity index (χ3n) is 2.29. The number of ether oxygens (including phenoxy) is 1. The van der Waals surface area contributed by atoms with E-state index in [2.05, 4.69) is 4.98 Å². The smallest absolute Gasteiger partial charge is 0.213 e. The molecule has 2 rings (SSSR count). The lowest BCUT2D eigenvalue weighted by atomic mass is 10.3. The molecular formula is C10H12FNO. The van der Waals surface area contributed by atoms with Gasteiger partial charge in [0.15, 0.2) is 0 Å². The highest BCUT2D eigenvalue weighted by Gasteiger charge is 2.16. The number of nitrogens with zero attached hydrogens (tertiary/aromatic N) is 1. The van der Waals surface area contributed by atoms with E-state index in [-0.39, 0.29) is 11.9 Å². The highest BCUT2D eigenvalue weighted by Crippen LogP contribution is 2.22. The van der Waals surface area contributed by atoms with Gasteiger partial charge in [-0.05, 0) is 31.7 Å². The first-order valence-electron chi connectivity index (χ1n) is 4.63. The van der Waals surface area contributed by atoms with Gasteiger partial charge in [0.05, 0.1) is 6.20 Å². The first kappa shape index (κ1) is 8.48. The van der Waals surface area contributed by atoms with Gasteiger partial charge >= 0.3 is 0 Å². The van der Waals surface area contributed by atoms with Crippen molar-refractivity contribution in [3.63, 3.8) is 0 Å². The van der Waals surface area contributed by atoms with Crippen molar-refractivity contribution in [2.75, 3.05) is 0 Å². The second-order valence-corrected chi connectivity index (χ2v) is 3.34. The number of hydrogen-bond donors (Lipinski definition) is 0. The van der Waals surface area contributed by atoms with E-state index in [1.165, 1.54) is 25.1 Å². The van der Waals surface area contributed by atoms with Gasteiger partial charge < -0.3 is 4.74 Å². The maximum Gasteiger partial charge on any atom is 0.213 e. The fourth-order valence-corrected chi connectivity index (χ4v) is 1.61. The van der Waals surface area contributed by atoms with Crippen molar-refractivity contribution < 1.29 is 9.13 Å². The summed E-state index contributed by atoms with van der Waals surface area (Å²) in [5.74, 6) is 0.215. The summed E-state index contributed by atoms with van der Waals surface area (Å²) >= 11 is 0. The number of halogens is 1. The molecule has 70 valence electrons. The molecule has 0 atom stereocenters. The topological polar surface area (TPSA) is 22.1 Å². The van der Waals surface area contributed by atoms with Crippen LogP contribution in [-0.2, 0) is 0 Å². The molecule has 0 aliphatic heterocycles. The average Bonchev–Trinajstić information content (AvgIpc) is 2.62. The third kappa shape index (κ3) is 2.17. The van der Waals surface area contributed by atoms with E-state index in [1.807, 2.05) is 0 Å². The molecule has 3 heteroatoms. The Bertz CT molecular complexity index is 267.